The molecule has 2 aromatic heterocycles. The fraction of sp³-hybridized carbons (Fsp3) is 0.235. The van der Waals surface area contributed by atoms with Gasteiger partial charge < -0.3 is 10.7 Å². The van der Waals surface area contributed by atoms with Crippen molar-refractivity contribution in [3.8, 4) is 11.3 Å². The number of pyridine rings is 1. The number of H-pyrrole nitrogens is 1. The molecule has 114 valence electrons. The molecule has 3 N–H and O–H groups in total. The number of nitrogens with zero attached hydrogens (tertiary/aromatic N) is 1. The highest BCUT2D eigenvalue weighted by molar-refractivity contribution is 6.39. The van der Waals surface area contributed by atoms with Crippen LogP contribution in [0.2, 0.25) is 10.0 Å². The minimum Gasteiger partial charge on any atom is -0.354 e. The van der Waals surface area contributed by atoms with Gasteiger partial charge in [-0.15, -0.1) is 0 Å². The average molecular weight is 334 g/mol. The second-order valence-corrected chi connectivity index (χ2v) is 6.11. The summed E-state index contributed by atoms with van der Waals surface area (Å²) in [5.41, 5.74) is 9.98. The van der Waals surface area contributed by atoms with Gasteiger partial charge in [0.15, 0.2) is 0 Å². The quantitative estimate of drug-likeness (QED) is 0.657. The van der Waals surface area contributed by atoms with Gasteiger partial charge in [0, 0.05) is 39.6 Å². The third kappa shape index (κ3) is 2.98. The fourth-order valence-corrected chi connectivity index (χ4v) is 3.38. The normalized spacial score (nSPS) is 11.2. The van der Waals surface area contributed by atoms with E-state index < -0.39 is 0 Å². The van der Waals surface area contributed by atoms with Crippen molar-refractivity contribution < 1.29 is 0 Å². The highest BCUT2D eigenvalue weighted by atomic mass is 35.5. The number of hydrogen-bond acceptors (Lipinski definition) is 2. The number of aryl methyl sites for hydroxylation is 1. The van der Waals surface area contributed by atoms with Crippen LogP contribution >= 0.6 is 23.2 Å². The highest BCUT2D eigenvalue weighted by Gasteiger charge is 2.16. The SMILES string of the molecule is NCCCCc1c(-c2ccncc2)[nH]c2cc(Cl)cc(Cl)c12. The molecule has 3 nitrogen and oxygen atoms in total. The van der Waals surface area contributed by atoms with Crippen LogP contribution in [0.15, 0.2) is 36.7 Å². The Morgan fingerprint density at radius 3 is 2.59 bits per heavy atom. The van der Waals surface area contributed by atoms with Crippen molar-refractivity contribution >= 4 is 34.1 Å². The van der Waals surface area contributed by atoms with Crippen molar-refractivity contribution in [1.82, 2.24) is 9.97 Å². The van der Waals surface area contributed by atoms with E-state index in [-0.39, 0.29) is 0 Å². The Morgan fingerprint density at radius 1 is 1.09 bits per heavy atom. The monoisotopic (exact) mass is 333 g/mol. The number of hydrogen-bond donors (Lipinski definition) is 2. The summed E-state index contributed by atoms with van der Waals surface area (Å²) >= 11 is 12.6. The molecule has 5 heteroatoms. The van der Waals surface area contributed by atoms with Crippen molar-refractivity contribution in [3.05, 3.63) is 52.3 Å². The smallest absolute Gasteiger partial charge is 0.0517 e. The molecule has 0 saturated carbocycles. The van der Waals surface area contributed by atoms with E-state index in [0.29, 0.717) is 16.6 Å². The maximum atomic E-state index is 6.44. The molecular weight excluding hydrogens is 317 g/mol. The Bertz CT molecular complexity index is 781. The van der Waals surface area contributed by atoms with Gasteiger partial charge in [-0.3, -0.25) is 4.98 Å². The molecule has 3 rings (SSSR count). The van der Waals surface area contributed by atoms with E-state index in [2.05, 4.69) is 9.97 Å². The van der Waals surface area contributed by atoms with Gasteiger partial charge >= 0.3 is 0 Å². The van der Waals surface area contributed by atoms with Crippen LogP contribution in [0.4, 0.5) is 0 Å². The lowest BCUT2D eigenvalue weighted by Gasteiger charge is -2.06. The number of aromatic nitrogens is 2. The van der Waals surface area contributed by atoms with Gasteiger partial charge in [-0.25, -0.2) is 0 Å². The first-order valence-electron chi connectivity index (χ1n) is 7.30. The predicted molar refractivity (Wildman–Crippen MR) is 93.5 cm³/mol. The number of aromatic amines is 1. The van der Waals surface area contributed by atoms with E-state index in [4.69, 9.17) is 28.9 Å². The first-order chi connectivity index (χ1) is 10.7. The summed E-state index contributed by atoms with van der Waals surface area (Å²) in [7, 11) is 0. The molecule has 2 heterocycles. The molecule has 0 spiro atoms. The number of rotatable bonds is 5. The zero-order valence-corrected chi connectivity index (χ0v) is 13.6. The summed E-state index contributed by atoms with van der Waals surface area (Å²) in [5.74, 6) is 0. The highest BCUT2D eigenvalue weighted by Crippen LogP contribution is 2.37. The van der Waals surface area contributed by atoms with Gasteiger partial charge in [0.25, 0.3) is 0 Å². The molecule has 0 aliphatic rings. The molecule has 22 heavy (non-hydrogen) atoms. The van der Waals surface area contributed by atoms with Crippen LogP contribution < -0.4 is 5.73 Å². The van der Waals surface area contributed by atoms with Gasteiger partial charge in [0.2, 0.25) is 0 Å². The van der Waals surface area contributed by atoms with Gasteiger partial charge in [0.05, 0.1) is 5.02 Å². The number of nitrogens with one attached hydrogen (secondary N) is 1. The number of fused-ring (bicyclic) bond motifs is 1. The van der Waals surface area contributed by atoms with E-state index in [1.807, 2.05) is 18.2 Å². The van der Waals surface area contributed by atoms with Crippen molar-refractivity contribution in [2.75, 3.05) is 6.54 Å². The van der Waals surface area contributed by atoms with Crippen LogP contribution in [0.1, 0.15) is 18.4 Å². The summed E-state index contributed by atoms with van der Waals surface area (Å²) in [6.07, 6.45) is 6.53. The molecule has 0 saturated heterocycles. The lowest BCUT2D eigenvalue weighted by molar-refractivity contribution is 0.748. The predicted octanol–water partition coefficient (Wildman–Crippen LogP) is 4.82. The number of benzene rings is 1. The molecule has 0 atom stereocenters. The van der Waals surface area contributed by atoms with E-state index in [0.717, 1.165) is 41.4 Å². The van der Waals surface area contributed by atoms with Crippen LogP contribution in [0.25, 0.3) is 22.2 Å². The third-order valence-corrected chi connectivity index (χ3v) is 4.28. The molecule has 0 fully saturated rings. The fourth-order valence-electron chi connectivity index (χ4n) is 2.78. The Hall–Kier alpha value is -1.55. The molecule has 1 aromatic carbocycles. The van der Waals surface area contributed by atoms with Crippen LogP contribution in [0.3, 0.4) is 0 Å². The molecule has 0 radical (unpaired) electrons. The molecule has 0 bridgehead atoms. The second-order valence-electron chi connectivity index (χ2n) is 5.27. The third-order valence-electron chi connectivity index (χ3n) is 3.77. The maximum Gasteiger partial charge on any atom is 0.0517 e. The minimum absolute atomic E-state index is 0.633. The van der Waals surface area contributed by atoms with Crippen LogP contribution in [-0.4, -0.2) is 16.5 Å². The minimum atomic E-state index is 0.633. The Labute approximate surface area is 139 Å². The molecule has 0 aliphatic carbocycles. The Balaban J connectivity index is 2.17. The summed E-state index contributed by atoms with van der Waals surface area (Å²) in [4.78, 5) is 7.55. The van der Waals surface area contributed by atoms with Crippen molar-refractivity contribution in [2.45, 2.75) is 19.3 Å². The second kappa shape index (κ2) is 6.69. The van der Waals surface area contributed by atoms with E-state index in [1.165, 1.54) is 5.56 Å². The summed E-state index contributed by atoms with van der Waals surface area (Å²) < 4.78 is 0. The molecule has 0 unspecified atom stereocenters. The summed E-state index contributed by atoms with van der Waals surface area (Å²) in [6.45, 7) is 0.701. The van der Waals surface area contributed by atoms with E-state index >= 15 is 0 Å². The Morgan fingerprint density at radius 2 is 1.86 bits per heavy atom. The van der Waals surface area contributed by atoms with Crippen LogP contribution in [0.5, 0.6) is 0 Å². The standard InChI is InChI=1S/C17H17Cl2N3/c18-12-9-14(19)16-13(3-1-2-6-20)17(22-15(16)10-12)11-4-7-21-8-5-11/h4-5,7-10,22H,1-3,6,20H2. The van der Waals surface area contributed by atoms with Gasteiger partial charge in [-0.05, 0) is 55.6 Å². The zero-order chi connectivity index (χ0) is 15.5. The van der Waals surface area contributed by atoms with Gasteiger partial charge in [-0.1, -0.05) is 23.2 Å². The number of halogens is 2. The average Bonchev–Trinajstić information content (AvgIpc) is 2.87. The molecule has 0 aliphatic heterocycles. The topological polar surface area (TPSA) is 54.7 Å². The number of unbranched alkanes of at least 4 members (excludes halogenated alkanes) is 1. The van der Waals surface area contributed by atoms with Crippen molar-refractivity contribution in [2.24, 2.45) is 5.73 Å². The van der Waals surface area contributed by atoms with E-state index in [9.17, 15) is 0 Å². The summed E-state index contributed by atoms with van der Waals surface area (Å²) in [6, 6.07) is 7.70. The van der Waals surface area contributed by atoms with E-state index in [1.54, 1.807) is 18.5 Å². The van der Waals surface area contributed by atoms with Gasteiger partial charge in [0.1, 0.15) is 0 Å². The van der Waals surface area contributed by atoms with Crippen LogP contribution in [0, 0.1) is 0 Å². The Kier molecular flexibility index (Phi) is 4.67. The largest absolute Gasteiger partial charge is 0.354 e. The lowest BCUT2D eigenvalue weighted by atomic mass is 10.0. The van der Waals surface area contributed by atoms with Crippen molar-refractivity contribution in [1.29, 1.82) is 0 Å². The molecular formula is C17H17Cl2N3. The van der Waals surface area contributed by atoms with Gasteiger partial charge in [-0.2, -0.15) is 0 Å². The summed E-state index contributed by atoms with van der Waals surface area (Å²) in [5, 5.41) is 2.37. The first-order valence-corrected chi connectivity index (χ1v) is 8.06. The maximum absolute atomic E-state index is 6.44. The first kappa shape index (κ1) is 15.3. The molecule has 3 aromatic rings. The zero-order valence-electron chi connectivity index (χ0n) is 12.1. The van der Waals surface area contributed by atoms with Crippen molar-refractivity contribution in [3.63, 3.8) is 0 Å². The lowest BCUT2D eigenvalue weighted by Crippen LogP contribution is -1.99. The number of nitrogens with two attached hydrogens (primary N) is 1. The molecule has 0 amide bonds. The van der Waals surface area contributed by atoms with Crippen LogP contribution in [-0.2, 0) is 6.42 Å².